The number of halogens is 2. The molecular weight excluding hydrogens is 527 g/mol. The molecule has 38 heavy (non-hydrogen) atoms. The molecule has 0 unspecified atom stereocenters. The lowest BCUT2D eigenvalue weighted by Gasteiger charge is -2.36. The van der Waals surface area contributed by atoms with E-state index in [4.69, 9.17) is 32.5 Å². The van der Waals surface area contributed by atoms with Crippen LogP contribution in [-0.4, -0.2) is 32.4 Å². The van der Waals surface area contributed by atoms with E-state index in [0.717, 1.165) is 24.2 Å². The number of hydrogen-bond donors (Lipinski definition) is 2. The number of aromatic nitrogens is 2. The molecule has 7 nitrogen and oxygen atoms in total. The van der Waals surface area contributed by atoms with E-state index >= 15 is 0 Å². The molecule has 4 aromatic rings. The molecule has 2 fully saturated rings. The first kappa shape index (κ1) is 25.3. The number of pyridine rings is 1. The average Bonchev–Trinajstić information content (AvgIpc) is 3.67. The van der Waals surface area contributed by atoms with Gasteiger partial charge < -0.3 is 19.5 Å². The number of benzene rings is 2. The Balaban J connectivity index is 1.19. The maximum atomic E-state index is 11.7. The fourth-order valence-corrected chi connectivity index (χ4v) is 5.97. The van der Waals surface area contributed by atoms with Crippen LogP contribution in [0.3, 0.4) is 0 Å². The minimum atomic E-state index is -1.06. The number of ether oxygens (including phenoxy) is 1. The van der Waals surface area contributed by atoms with Crippen LogP contribution in [0.4, 0.5) is 0 Å². The molecule has 0 radical (unpaired) electrons. The molecule has 196 valence electrons. The van der Waals surface area contributed by atoms with Crippen LogP contribution in [0.15, 0.2) is 53.2 Å². The fraction of sp³-hybridized carbons (Fsp3) is 0.345. The molecule has 2 saturated carbocycles. The molecule has 2 aliphatic carbocycles. The van der Waals surface area contributed by atoms with E-state index in [1.54, 1.807) is 30.3 Å². The van der Waals surface area contributed by atoms with Crippen molar-refractivity contribution in [3.05, 3.63) is 81.2 Å². The molecular formula is C29H26Cl2N2O5. The molecule has 2 heterocycles. The molecule has 0 aliphatic heterocycles. The van der Waals surface area contributed by atoms with Gasteiger partial charge in [0.15, 0.2) is 0 Å². The number of hydrogen-bond acceptors (Lipinski definition) is 6. The van der Waals surface area contributed by atoms with Crippen molar-refractivity contribution in [1.29, 1.82) is 0 Å². The maximum absolute atomic E-state index is 11.7. The van der Waals surface area contributed by atoms with Gasteiger partial charge in [-0.3, -0.25) is 4.98 Å². The Morgan fingerprint density at radius 3 is 2.50 bits per heavy atom. The van der Waals surface area contributed by atoms with Gasteiger partial charge in [-0.15, -0.1) is 0 Å². The first-order valence-corrected chi connectivity index (χ1v) is 13.5. The van der Waals surface area contributed by atoms with Gasteiger partial charge in [0.2, 0.25) is 0 Å². The normalized spacial score (nSPS) is 21.6. The van der Waals surface area contributed by atoms with E-state index in [2.05, 4.69) is 10.1 Å². The minimum absolute atomic E-state index is 0.0523. The van der Waals surface area contributed by atoms with Crippen LogP contribution < -0.4 is 0 Å². The van der Waals surface area contributed by atoms with E-state index in [0.29, 0.717) is 76.0 Å². The third kappa shape index (κ3) is 4.69. The predicted octanol–water partition coefficient (Wildman–Crippen LogP) is 7.12. The third-order valence-corrected chi connectivity index (χ3v) is 8.33. The molecule has 2 aliphatic rings. The van der Waals surface area contributed by atoms with E-state index in [1.807, 2.05) is 6.07 Å². The second kappa shape index (κ2) is 9.97. The molecule has 2 aromatic heterocycles. The van der Waals surface area contributed by atoms with Gasteiger partial charge in [-0.05, 0) is 74.4 Å². The number of carboxylic acids is 1. The van der Waals surface area contributed by atoms with Crippen LogP contribution in [0.25, 0.3) is 22.2 Å². The topological polar surface area (TPSA) is 106 Å². The SMILES string of the molecule is O=C(O)c1ccnc2ccc(C3(O)CCC(OCc4c(-c5c(Cl)cccc5Cl)noc4C4CC4)CC3)cc12. The van der Waals surface area contributed by atoms with Gasteiger partial charge in [0.1, 0.15) is 11.5 Å². The summed E-state index contributed by atoms with van der Waals surface area (Å²) in [5.41, 5.74) is 2.54. The lowest BCUT2D eigenvalue weighted by atomic mass is 9.78. The summed E-state index contributed by atoms with van der Waals surface area (Å²) in [7, 11) is 0. The van der Waals surface area contributed by atoms with Crippen molar-refractivity contribution >= 4 is 40.1 Å². The van der Waals surface area contributed by atoms with Crippen LogP contribution in [0.5, 0.6) is 0 Å². The summed E-state index contributed by atoms with van der Waals surface area (Å²) in [5, 5.41) is 26.9. The summed E-state index contributed by atoms with van der Waals surface area (Å²) < 4.78 is 12.1. The van der Waals surface area contributed by atoms with E-state index < -0.39 is 11.6 Å². The lowest BCUT2D eigenvalue weighted by molar-refractivity contribution is -0.0640. The number of rotatable bonds is 7. The fourth-order valence-electron chi connectivity index (χ4n) is 5.40. The first-order valence-electron chi connectivity index (χ1n) is 12.7. The van der Waals surface area contributed by atoms with E-state index in [9.17, 15) is 15.0 Å². The highest BCUT2D eigenvalue weighted by Crippen LogP contribution is 2.46. The summed E-state index contributed by atoms with van der Waals surface area (Å²) >= 11 is 12.9. The summed E-state index contributed by atoms with van der Waals surface area (Å²) in [6, 6.07) is 12.2. The molecule has 9 heteroatoms. The third-order valence-electron chi connectivity index (χ3n) is 7.70. The van der Waals surface area contributed by atoms with Gasteiger partial charge in [0, 0.05) is 28.6 Å². The molecule has 0 amide bonds. The Morgan fingerprint density at radius 2 is 1.82 bits per heavy atom. The molecule has 0 spiro atoms. The smallest absolute Gasteiger partial charge is 0.336 e. The molecule has 0 saturated heterocycles. The number of fused-ring (bicyclic) bond motifs is 1. The maximum Gasteiger partial charge on any atom is 0.336 e. The number of aromatic carboxylic acids is 1. The molecule has 6 rings (SSSR count). The lowest BCUT2D eigenvalue weighted by Crippen LogP contribution is -2.34. The number of carbonyl (C=O) groups is 1. The van der Waals surface area contributed by atoms with Crippen LogP contribution in [-0.2, 0) is 16.9 Å². The van der Waals surface area contributed by atoms with Crippen LogP contribution in [0.1, 0.15) is 71.7 Å². The van der Waals surface area contributed by atoms with Gasteiger partial charge in [-0.25, -0.2) is 4.79 Å². The standard InChI is InChI=1S/C29H26Cl2N2O5/c30-22-2-1-3-23(31)25(22)26-21(27(38-33-26)16-4-5-16)15-37-18-8-11-29(36,12-9-18)17-6-7-24-20(14-17)19(28(34)35)10-13-32-24/h1-3,6-7,10,13-14,16,18,36H,4-5,8-9,11-12,15H2,(H,34,35). The number of carboxylic acid groups (broad SMARTS) is 1. The van der Waals surface area contributed by atoms with Crippen molar-refractivity contribution in [2.75, 3.05) is 0 Å². The van der Waals surface area contributed by atoms with E-state index in [1.165, 1.54) is 12.3 Å². The van der Waals surface area contributed by atoms with Crippen LogP contribution in [0.2, 0.25) is 10.0 Å². The quantitative estimate of drug-likeness (QED) is 0.251. The van der Waals surface area contributed by atoms with Gasteiger partial charge in [-0.2, -0.15) is 0 Å². The Bertz CT molecular complexity index is 1500. The van der Waals surface area contributed by atoms with Crippen molar-refractivity contribution in [2.24, 2.45) is 0 Å². The Labute approximate surface area is 229 Å². The van der Waals surface area contributed by atoms with Gasteiger partial charge >= 0.3 is 5.97 Å². The summed E-state index contributed by atoms with van der Waals surface area (Å²) in [5.74, 6) is 0.156. The summed E-state index contributed by atoms with van der Waals surface area (Å²) in [4.78, 5) is 15.9. The van der Waals surface area contributed by atoms with Crippen molar-refractivity contribution in [1.82, 2.24) is 10.1 Å². The van der Waals surface area contributed by atoms with E-state index in [-0.39, 0.29) is 11.7 Å². The number of aliphatic hydroxyl groups is 1. The zero-order chi connectivity index (χ0) is 26.4. The van der Waals surface area contributed by atoms with Gasteiger partial charge in [0.05, 0.1) is 39.4 Å². The minimum Gasteiger partial charge on any atom is -0.478 e. The Kier molecular flexibility index (Phi) is 6.64. The van der Waals surface area contributed by atoms with Crippen molar-refractivity contribution < 1.29 is 24.3 Å². The highest BCUT2D eigenvalue weighted by molar-refractivity contribution is 6.39. The van der Waals surface area contributed by atoms with Gasteiger partial charge in [0.25, 0.3) is 0 Å². The number of nitrogens with zero attached hydrogens (tertiary/aromatic N) is 2. The van der Waals surface area contributed by atoms with Crippen LogP contribution >= 0.6 is 23.2 Å². The molecule has 0 bridgehead atoms. The highest BCUT2D eigenvalue weighted by atomic mass is 35.5. The van der Waals surface area contributed by atoms with Crippen molar-refractivity contribution in [2.45, 2.75) is 62.8 Å². The average molecular weight is 553 g/mol. The van der Waals surface area contributed by atoms with Crippen molar-refractivity contribution in [3.8, 4) is 11.3 Å². The molecule has 2 N–H and O–H groups in total. The zero-order valence-electron chi connectivity index (χ0n) is 20.5. The second-order valence-electron chi connectivity index (χ2n) is 10.2. The molecule has 0 atom stereocenters. The largest absolute Gasteiger partial charge is 0.478 e. The predicted molar refractivity (Wildman–Crippen MR) is 144 cm³/mol. The van der Waals surface area contributed by atoms with Crippen molar-refractivity contribution in [3.63, 3.8) is 0 Å². The van der Waals surface area contributed by atoms with Gasteiger partial charge in [-0.1, -0.05) is 40.5 Å². The monoisotopic (exact) mass is 552 g/mol. The Hall–Kier alpha value is -2.97. The highest BCUT2D eigenvalue weighted by Gasteiger charge is 2.37. The van der Waals surface area contributed by atoms with Crippen LogP contribution in [0, 0.1) is 0 Å². The Morgan fingerprint density at radius 1 is 1.08 bits per heavy atom. The second-order valence-corrected chi connectivity index (χ2v) is 11.0. The molecule has 2 aromatic carbocycles. The summed E-state index contributed by atoms with van der Waals surface area (Å²) in [6.45, 7) is 0.318. The summed E-state index contributed by atoms with van der Waals surface area (Å²) in [6.07, 6.45) is 5.83. The zero-order valence-corrected chi connectivity index (χ0v) is 22.0. The first-order chi connectivity index (χ1) is 18.3.